The van der Waals surface area contributed by atoms with E-state index < -0.39 is 12.1 Å². The van der Waals surface area contributed by atoms with E-state index in [0.717, 1.165) is 109 Å². The predicted molar refractivity (Wildman–Crippen MR) is 362 cm³/mol. The van der Waals surface area contributed by atoms with Crippen LogP contribution in [0.1, 0.15) is 303 Å². The number of esters is 3. The molecule has 0 aliphatic rings. The summed E-state index contributed by atoms with van der Waals surface area (Å²) in [6, 6.07) is 0. The van der Waals surface area contributed by atoms with Crippen molar-refractivity contribution in [2.24, 2.45) is 0 Å². The molecule has 0 aromatic carbocycles. The van der Waals surface area contributed by atoms with Crippen molar-refractivity contribution in [3.63, 3.8) is 0 Å². The van der Waals surface area contributed by atoms with Crippen LogP contribution in [0.15, 0.2) is 146 Å². The molecular weight excluding hydrogens is 1020 g/mol. The summed E-state index contributed by atoms with van der Waals surface area (Å²) in [6.45, 7) is 6.31. The third kappa shape index (κ3) is 68.0. The molecule has 0 aliphatic carbocycles. The van der Waals surface area contributed by atoms with Gasteiger partial charge in [-0.3, -0.25) is 14.4 Å². The van der Waals surface area contributed by atoms with Crippen molar-refractivity contribution in [3.05, 3.63) is 146 Å². The summed E-state index contributed by atoms with van der Waals surface area (Å²) < 4.78 is 16.8. The zero-order valence-electron chi connectivity index (χ0n) is 53.9. The molecule has 1 atom stereocenters. The highest BCUT2D eigenvalue weighted by Crippen LogP contribution is 2.16. The number of unbranched alkanes of at least 4 members (excludes halogenated alkanes) is 27. The fourth-order valence-electron chi connectivity index (χ4n) is 9.28. The van der Waals surface area contributed by atoms with E-state index in [9.17, 15) is 14.4 Å². The topological polar surface area (TPSA) is 78.9 Å². The second-order valence-electron chi connectivity index (χ2n) is 22.3. The first-order valence-corrected chi connectivity index (χ1v) is 34.3. The van der Waals surface area contributed by atoms with Gasteiger partial charge in [0.15, 0.2) is 6.10 Å². The third-order valence-electron chi connectivity index (χ3n) is 14.3. The molecule has 1 unspecified atom stereocenters. The molecule has 0 rings (SSSR count). The first kappa shape index (κ1) is 78.3. The highest BCUT2D eigenvalue weighted by atomic mass is 16.6. The van der Waals surface area contributed by atoms with Crippen LogP contribution in [0.4, 0.5) is 0 Å². The summed E-state index contributed by atoms with van der Waals surface area (Å²) in [7, 11) is 0. The molecule has 0 amide bonds. The Morgan fingerprint density at radius 3 is 0.843 bits per heavy atom. The molecule has 6 nitrogen and oxygen atoms in total. The normalized spacial score (nSPS) is 13.0. The van der Waals surface area contributed by atoms with Crippen LogP contribution in [0.3, 0.4) is 0 Å². The van der Waals surface area contributed by atoms with Crippen LogP contribution in [0, 0.1) is 0 Å². The third-order valence-corrected chi connectivity index (χ3v) is 14.3. The molecule has 470 valence electrons. The van der Waals surface area contributed by atoms with Crippen molar-refractivity contribution in [2.45, 2.75) is 309 Å². The van der Waals surface area contributed by atoms with Crippen molar-refractivity contribution in [2.75, 3.05) is 13.2 Å². The van der Waals surface area contributed by atoms with Crippen molar-refractivity contribution in [1.29, 1.82) is 0 Å². The van der Waals surface area contributed by atoms with Gasteiger partial charge in [0, 0.05) is 12.8 Å². The Morgan fingerprint density at radius 2 is 0.518 bits per heavy atom. The van der Waals surface area contributed by atoms with Gasteiger partial charge >= 0.3 is 17.9 Å². The first-order valence-electron chi connectivity index (χ1n) is 34.3. The first-order chi connectivity index (χ1) is 41.0. The Hall–Kier alpha value is -4.71. The Bertz CT molecular complexity index is 1800. The summed E-state index contributed by atoms with van der Waals surface area (Å²) in [5.41, 5.74) is 0. The van der Waals surface area contributed by atoms with Gasteiger partial charge in [-0.15, -0.1) is 0 Å². The van der Waals surface area contributed by atoms with E-state index in [1.807, 2.05) is 6.08 Å². The zero-order chi connectivity index (χ0) is 59.9. The molecule has 0 radical (unpaired) electrons. The van der Waals surface area contributed by atoms with Gasteiger partial charge in [0.2, 0.25) is 0 Å². The Kier molecular flexibility index (Phi) is 65.8. The second kappa shape index (κ2) is 69.8. The SMILES string of the molecule is CC/C=C\C/C=C\C/C=C\C/C=C\C/C=C\CCCCCCCCCCCCCCCCCC(=O)OCC(COC(=O)C/C=C\C/C=C\C/C=C\C/C=C\C/C=C\CC)OC(=O)CCCCCCCCCCC/C=C\C/C=C\CCCCC. The molecule has 0 N–H and O–H groups in total. The molecule has 0 fully saturated rings. The minimum absolute atomic E-state index is 0.112. The average molecular weight is 1150 g/mol. The van der Waals surface area contributed by atoms with Gasteiger partial charge in [-0.2, -0.15) is 0 Å². The van der Waals surface area contributed by atoms with E-state index in [1.54, 1.807) is 6.08 Å². The van der Waals surface area contributed by atoms with Crippen molar-refractivity contribution in [1.82, 2.24) is 0 Å². The maximum Gasteiger partial charge on any atom is 0.309 e. The Balaban J connectivity index is 4.33. The van der Waals surface area contributed by atoms with Crippen LogP contribution >= 0.6 is 0 Å². The second-order valence-corrected chi connectivity index (χ2v) is 22.3. The van der Waals surface area contributed by atoms with Gasteiger partial charge in [-0.1, -0.05) is 308 Å². The number of rotatable bonds is 61. The van der Waals surface area contributed by atoms with Crippen LogP contribution in [-0.4, -0.2) is 37.2 Å². The quantitative estimate of drug-likeness (QED) is 0.0261. The van der Waals surface area contributed by atoms with Gasteiger partial charge in [0.05, 0.1) is 6.42 Å². The number of ether oxygens (including phenoxy) is 3. The molecule has 83 heavy (non-hydrogen) atoms. The molecule has 0 aromatic heterocycles. The highest BCUT2D eigenvalue weighted by Gasteiger charge is 2.19. The van der Waals surface area contributed by atoms with E-state index >= 15 is 0 Å². The number of hydrogen-bond donors (Lipinski definition) is 0. The molecule has 0 bridgehead atoms. The van der Waals surface area contributed by atoms with Gasteiger partial charge in [0.1, 0.15) is 13.2 Å². The fourth-order valence-corrected chi connectivity index (χ4v) is 9.28. The molecule has 0 aliphatic heterocycles. The lowest BCUT2D eigenvalue weighted by atomic mass is 10.0. The number of allylic oxidation sites excluding steroid dienone is 23. The van der Waals surface area contributed by atoms with E-state index in [-0.39, 0.29) is 31.6 Å². The lowest BCUT2D eigenvalue weighted by Crippen LogP contribution is -2.30. The summed E-state index contributed by atoms with van der Waals surface area (Å²) in [6.07, 6.45) is 100. The maximum absolute atomic E-state index is 12.9. The lowest BCUT2D eigenvalue weighted by Gasteiger charge is -2.18. The number of carbonyl (C=O) groups excluding carboxylic acids is 3. The standard InChI is InChI=1S/C77H126O6/c1-4-7-10-13-16-19-22-25-28-30-32-33-34-35-36-37-38-39-40-41-42-43-45-46-49-52-55-58-61-64-67-70-76(79)82-73-74(72-81-75(78)69-66-63-60-57-54-51-48-27-24-21-18-15-12-9-6-3)83-77(80)71-68-65-62-59-56-53-50-47-44-31-29-26-23-20-17-14-11-8-5-2/h7,9-10,12,16-21,25-29,32-33,35-36,48,54,57,63,66,74H,4-6,8,11,13-15,22-24,30-31,34,37-47,49-53,55-56,58-62,64-65,67-73H2,1-3H3/b10-7-,12-9-,19-16-,20-17-,21-18-,28-25-,29-26-,33-32-,36-35-,48-27-,57-54-,66-63-. The molecule has 6 heteroatoms. The molecule has 0 heterocycles. The summed E-state index contributed by atoms with van der Waals surface area (Å²) >= 11 is 0. The minimum atomic E-state index is -0.826. The number of hydrogen-bond acceptors (Lipinski definition) is 6. The van der Waals surface area contributed by atoms with E-state index in [1.165, 1.54) is 154 Å². The summed E-state index contributed by atoms with van der Waals surface area (Å²) in [5, 5.41) is 0. The Labute approximate surface area is 512 Å². The summed E-state index contributed by atoms with van der Waals surface area (Å²) in [5.74, 6) is -1.05. The molecule has 0 saturated heterocycles. The predicted octanol–water partition coefficient (Wildman–Crippen LogP) is 23.9. The van der Waals surface area contributed by atoms with Crippen molar-refractivity contribution < 1.29 is 28.6 Å². The van der Waals surface area contributed by atoms with Crippen molar-refractivity contribution in [3.8, 4) is 0 Å². The lowest BCUT2D eigenvalue weighted by molar-refractivity contribution is -0.166. The van der Waals surface area contributed by atoms with Gasteiger partial charge in [-0.25, -0.2) is 0 Å². The van der Waals surface area contributed by atoms with E-state index in [4.69, 9.17) is 14.2 Å². The van der Waals surface area contributed by atoms with Gasteiger partial charge < -0.3 is 14.2 Å². The minimum Gasteiger partial charge on any atom is -0.462 e. The maximum atomic E-state index is 12.9. The zero-order valence-corrected chi connectivity index (χ0v) is 53.9. The molecular formula is C77H126O6. The summed E-state index contributed by atoms with van der Waals surface area (Å²) in [4.78, 5) is 38.3. The molecule has 0 aromatic rings. The highest BCUT2D eigenvalue weighted by molar-refractivity contribution is 5.72. The smallest absolute Gasteiger partial charge is 0.309 e. The van der Waals surface area contributed by atoms with Crippen LogP contribution in [0.5, 0.6) is 0 Å². The largest absolute Gasteiger partial charge is 0.462 e. The van der Waals surface area contributed by atoms with Crippen LogP contribution in [0.2, 0.25) is 0 Å². The fraction of sp³-hybridized carbons (Fsp3) is 0.649. The Morgan fingerprint density at radius 1 is 0.265 bits per heavy atom. The van der Waals surface area contributed by atoms with E-state index in [2.05, 4.69) is 154 Å². The van der Waals surface area contributed by atoms with Crippen LogP contribution in [0.25, 0.3) is 0 Å². The average Bonchev–Trinajstić information content (AvgIpc) is 3.49. The van der Waals surface area contributed by atoms with Crippen LogP contribution < -0.4 is 0 Å². The molecule has 0 spiro atoms. The van der Waals surface area contributed by atoms with Gasteiger partial charge in [0.25, 0.3) is 0 Å². The van der Waals surface area contributed by atoms with E-state index in [0.29, 0.717) is 12.8 Å². The van der Waals surface area contributed by atoms with Gasteiger partial charge in [-0.05, 0) is 122 Å². The monoisotopic (exact) mass is 1150 g/mol. The van der Waals surface area contributed by atoms with Crippen LogP contribution in [-0.2, 0) is 28.6 Å². The molecule has 0 saturated carbocycles. The van der Waals surface area contributed by atoms with Crippen molar-refractivity contribution >= 4 is 17.9 Å². The number of carbonyl (C=O) groups is 3.